The molecule has 216 valence electrons. The number of hydrogen-bond acceptors (Lipinski definition) is 7. The van der Waals surface area contributed by atoms with Crippen molar-refractivity contribution in [3.05, 3.63) is 87.7 Å². The summed E-state index contributed by atoms with van der Waals surface area (Å²) in [6.45, 7) is 1.70. The van der Waals surface area contributed by atoms with Gasteiger partial charge in [0.25, 0.3) is 0 Å². The van der Waals surface area contributed by atoms with Crippen LogP contribution < -0.4 is 20.1 Å². The van der Waals surface area contributed by atoms with Crippen LogP contribution in [0.5, 0.6) is 11.6 Å². The van der Waals surface area contributed by atoms with Gasteiger partial charge in [-0.2, -0.15) is 0 Å². The summed E-state index contributed by atoms with van der Waals surface area (Å²) in [5.41, 5.74) is 4.88. The molecule has 7 nitrogen and oxygen atoms in total. The van der Waals surface area contributed by atoms with E-state index in [1.54, 1.807) is 25.3 Å². The van der Waals surface area contributed by atoms with Crippen molar-refractivity contribution in [1.82, 2.24) is 15.6 Å². The number of nitrogens with zero attached hydrogens (tertiary/aromatic N) is 1. The Balaban J connectivity index is 1.73. The van der Waals surface area contributed by atoms with E-state index in [-0.39, 0.29) is 13.2 Å². The molecule has 0 aliphatic rings. The Bertz CT molecular complexity index is 1500. The van der Waals surface area contributed by atoms with E-state index in [2.05, 4.69) is 15.6 Å². The van der Waals surface area contributed by atoms with Gasteiger partial charge in [-0.05, 0) is 18.2 Å². The molecule has 0 aliphatic heterocycles. The zero-order chi connectivity index (χ0) is 29.4. The highest BCUT2D eigenvalue weighted by Crippen LogP contribution is 2.43. The topological polar surface area (TPSA) is 95.9 Å². The summed E-state index contributed by atoms with van der Waals surface area (Å²) in [7, 11) is 3.08. The summed E-state index contributed by atoms with van der Waals surface area (Å²) < 4.78 is 26.4. The van der Waals surface area contributed by atoms with Crippen LogP contribution in [0.1, 0.15) is 11.1 Å². The van der Waals surface area contributed by atoms with E-state index >= 15 is 4.39 Å². The van der Waals surface area contributed by atoms with Gasteiger partial charge < -0.3 is 30.3 Å². The Labute approximate surface area is 248 Å². The van der Waals surface area contributed by atoms with Gasteiger partial charge in [-0.15, -0.1) is 0 Å². The van der Waals surface area contributed by atoms with Crippen LogP contribution in [0.25, 0.3) is 33.5 Å². The van der Waals surface area contributed by atoms with Gasteiger partial charge in [0.1, 0.15) is 11.6 Å². The van der Waals surface area contributed by atoms with Crippen LogP contribution in [-0.2, 0) is 13.1 Å². The molecule has 41 heavy (non-hydrogen) atoms. The predicted octanol–water partition coefficient (Wildman–Crippen LogP) is 5.71. The first kappa shape index (κ1) is 30.7. The molecule has 0 spiro atoms. The molecular formula is C31H32Cl2FN3O4. The third kappa shape index (κ3) is 6.98. The van der Waals surface area contributed by atoms with Crippen LogP contribution in [0.3, 0.4) is 0 Å². The molecule has 0 atom stereocenters. The van der Waals surface area contributed by atoms with Crippen molar-refractivity contribution in [2.24, 2.45) is 0 Å². The first-order chi connectivity index (χ1) is 19.9. The smallest absolute Gasteiger partial charge is 0.218 e. The number of ether oxygens (including phenoxy) is 2. The van der Waals surface area contributed by atoms with Crippen LogP contribution in [0, 0.1) is 5.82 Å². The molecule has 4 aromatic rings. The Kier molecular flexibility index (Phi) is 10.9. The number of aliphatic hydroxyl groups excluding tert-OH is 2. The zero-order valence-corrected chi connectivity index (χ0v) is 24.3. The van der Waals surface area contributed by atoms with Gasteiger partial charge in [-0.3, -0.25) is 0 Å². The minimum absolute atomic E-state index is 0.0210. The normalized spacial score (nSPS) is 11.1. The standard InChI is InChI=1S/C31H32Cl2FN3O4/c1-40-28-16-25(26(34)15-20(28)18-36-12-14-39)23-7-3-5-21(29(23)32)22-6-4-8-24(30(22)33)27-10-9-19(17-35-11-13-38)31(37-27)41-2/h3-10,15-16,35-36,38-39H,11-14,17-18H2,1-2H3. The summed E-state index contributed by atoms with van der Waals surface area (Å²) in [5, 5.41) is 25.0. The van der Waals surface area contributed by atoms with Gasteiger partial charge >= 0.3 is 0 Å². The van der Waals surface area contributed by atoms with Crippen molar-refractivity contribution >= 4 is 23.2 Å². The molecular weight excluding hydrogens is 568 g/mol. The van der Waals surface area contributed by atoms with E-state index in [4.69, 9.17) is 42.9 Å². The van der Waals surface area contributed by atoms with E-state index < -0.39 is 5.82 Å². The Morgan fingerprint density at radius 2 is 1.29 bits per heavy atom. The molecule has 0 bridgehead atoms. The van der Waals surface area contributed by atoms with E-state index in [1.165, 1.54) is 13.2 Å². The molecule has 0 saturated carbocycles. The van der Waals surface area contributed by atoms with Gasteiger partial charge in [0.2, 0.25) is 5.88 Å². The summed E-state index contributed by atoms with van der Waals surface area (Å²) in [5.74, 6) is 0.507. The fourth-order valence-corrected chi connectivity index (χ4v) is 5.20. The number of nitrogens with one attached hydrogen (secondary N) is 2. The third-order valence-corrected chi connectivity index (χ3v) is 7.38. The minimum atomic E-state index is -0.449. The molecule has 0 radical (unpaired) electrons. The third-order valence-electron chi connectivity index (χ3n) is 6.56. The molecule has 10 heteroatoms. The maximum Gasteiger partial charge on any atom is 0.218 e. The van der Waals surface area contributed by atoms with Gasteiger partial charge in [0, 0.05) is 65.1 Å². The Morgan fingerprint density at radius 3 is 1.88 bits per heavy atom. The molecule has 0 aliphatic carbocycles. The summed E-state index contributed by atoms with van der Waals surface area (Å²) in [4.78, 5) is 4.66. The lowest BCUT2D eigenvalue weighted by atomic mass is 9.95. The molecule has 1 heterocycles. The Hall–Kier alpha value is -3.24. The lowest BCUT2D eigenvalue weighted by Gasteiger charge is -2.16. The molecule has 0 amide bonds. The lowest BCUT2D eigenvalue weighted by molar-refractivity contribution is 0.291. The molecule has 3 aromatic carbocycles. The molecule has 4 rings (SSSR count). The van der Waals surface area contributed by atoms with Gasteiger partial charge in [-0.1, -0.05) is 65.7 Å². The van der Waals surface area contributed by atoms with E-state index in [9.17, 15) is 0 Å². The molecule has 0 fully saturated rings. The van der Waals surface area contributed by atoms with Gasteiger partial charge in [0.15, 0.2) is 0 Å². The SMILES string of the molecule is COc1cc(-c2cccc(-c3cccc(-c4ccc(CNCCO)c(OC)n4)c3Cl)c2Cl)c(F)cc1CNCCO. The van der Waals surface area contributed by atoms with Crippen LogP contribution in [-0.4, -0.2) is 55.7 Å². The molecule has 1 aromatic heterocycles. The first-order valence-corrected chi connectivity index (χ1v) is 13.8. The average Bonchev–Trinajstić information content (AvgIpc) is 2.98. The van der Waals surface area contributed by atoms with Gasteiger partial charge in [0.05, 0.1) is 43.2 Å². The van der Waals surface area contributed by atoms with Crippen LogP contribution in [0.15, 0.2) is 60.7 Å². The van der Waals surface area contributed by atoms with Crippen molar-refractivity contribution in [2.75, 3.05) is 40.5 Å². The Morgan fingerprint density at radius 1 is 0.732 bits per heavy atom. The number of rotatable bonds is 13. The summed E-state index contributed by atoms with van der Waals surface area (Å²) >= 11 is 13.9. The molecule has 4 N–H and O–H groups in total. The fourth-order valence-electron chi connectivity index (χ4n) is 4.55. The second-order valence-electron chi connectivity index (χ2n) is 9.14. The maximum absolute atomic E-state index is 15.4. The average molecular weight is 601 g/mol. The number of aromatic nitrogens is 1. The quantitative estimate of drug-likeness (QED) is 0.146. The number of halogens is 3. The van der Waals surface area contributed by atoms with Crippen molar-refractivity contribution in [3.63, 3.8) is 0 Å². The highest BCUT2D eigenvalue weighted by molar-refractivity contribution is 6.39. The number of methoxy groups -OCH3 is 2. The first-order valence-electron chi connectivity index (χ1n) is 13.0. The molecule has 0 unspecified atom stereocenters. The summed E-state index contributed by atoms with van der Waals surface area (Å²) in [6, 6.07) is 17.8. The van der Waals surface area contributed by atoms with E-state index in [1.807, 2.05) is 36.4 Å². The largest absolute Gasteiger partial charge is 0.496 e. The monoisotopic (exact) mass is 599 g/mol. The zero-order valence-electron chi connectivity index (χ0n) is 22.8. The minimum Gasteiger partial charge on any atom is -0.496 e. The highest BCUT2D eigenvalue weighted by atomic mass is 35.5. The van der Waals surface area contributed by atoms with Gasteiger partial charge in [-0.25, -0.2) is 9.37 Å². The second-order valence-corrected chi connectivity index (χ2v) is 9.90. The van der Waals surface area contributed by atoms with Crippen molar-refractivity contribution in [1.29, 1.82) is 0 Å². The number of benzene rings is 3. The van der Waals surface area contributed by atoms with Crippen molar-refractivity contribution in [2.45, 2.75) is 13.1 Å². The summed E-state index contributed by atoms with van der Waals surface area (Å²) in [6.07, 6.45) is 0. The number of aliphatic hydroxyl groups is 2. The van der Waals surface area contributed by atoms with Crippen LogP contribution in [0.2, 0.25) is 10.0 Å². The van der Waals surface area contributed by atoms with E-state index in [0.717, 1.165) is 5.56 Å². The second kappa shape index (κ2) is 14.6. The van der Waals surface area contributed by atoms with Crippen molar-refractivity contribution < 1.29 is 24.1 Å². The highest BCUT2D eigenvalue weighted by Gasteiger charge is 2.19. The van der Waals surface area contributed by atoms with E-state index in [0.29, 0.717) is 86.9 Å². The maximum atomic E-state index is 15.4. The van der Waals surface area contributed by atoms with Crippen LogP contribution >= 0.6 is 23.2 Å². The fraction of sp³-hybridized carbons (Fsp3) is 0.258. The number of hydrogen-bond donors (Lipinski definition) is 4. The number of pyridine rings is 1. The van der Waals surface area contributed by atoms with Crippen molar-refractivity contribution in [3.8, 4) is 45.1 Å². The molecule has 0 saturated heterocycles. The predicted molar refractivity (Wildman–Crippen MR) is 161 cm³/mol. The van der Waals surface area contributed by atoms with Crippen LogP contribution in [0.4, 0.5) is 4.39 Å². The lowest BCUT2D eigenvalue weighted by Crippen LogP contribution is -2.18.